The predicted octanol–water partition coefficient (Wildman–Crippen LogP) is 3.31. The van der Waals surface area contributed by atoms with Gasteiger partial charge in [-0.3, -0.25) is 4.98 Å². The van der Waals surface area contributed by atoms with E-state index >= 15 is 0 Å². The van der Waals surface area contributed by atoms with Crippen LogP contribution >= 0.6 is 0 Å². The second-order valence-corrected chi connectivity index (χ2v) is 9.41. The molecule has 1 saturated carbocycles. The molecule has 3 heteroatoms. The van der Waals surface area contributed by atoms with Gasteiger partial charge in [0.05, 0.1) is 0 Å². The summed E-state index contributed by atoms with van der Waals surface area (Å²) in [5.41, 5.74) is 0. The van der Waals surface area contributed by atoms with Gasteiger partial charge in [-0.1, -0.05) is 45.2 Å². The highest BCUT2D eigenvalue weighted by molar-refractivity contribution is 6.72. The highest BCUT2D eigenvalue weighted by Gasteiger charge is 2.19. The van der Waals surface area contributed by atoms with Crippen molar-refractivity contribution < 1.29 is 4.74 Å². The molecule has 1 aromatic heterocycles. The molecule has 0 saturated heterocycles. The van der Waals surface area contributed by atoms with Crippen LogP contribution in [-0.2, 0) is 4.74 Å². The van der Waals surface area contributed by atoms with E-state index in [0.29, 0.717) is 0 Å². The summed E-state index contributed by atoms with van der Waals surface area (Å²) in [6, 6.07) is 7.61. The topological polar surface area (TPSA) is 22.1 Å². The van der Waals surface area contributed by atoms with Crippen LogP contribution in [0.25, 0.3) is 0 Å². The molecule has 1 aliphatic carbocycles. The number of ether oxygens (including phenoxy) is 1. The maximum atomic E-state index is 6.11. The fourth-order valence-corrected chi connectivity index (χ4v) is 5.98. The van der Waals surface area contributed by atoms with Crippen molar-refractivity contribution in [3.8, 4) is 0 Å². The van der Waals surface area contributed by atoms with E-state index < -0.39 is 8.80 Å². The van der Waals surface area contributed by atoms with E-state index in [4.69, 9.17) is 4.74 Å². The lowest BCUT2D eigenvalue weighted by Gasteiger charge is -2.23. The third-order valence-corrected chi connectivity index (χ3v) is 7.59. The summed E-state index contributed by atoms with van der Waals surface area (Å²) in [6.45, 7) is 5.60. The van der Waals surface area contributed by atoms with Gasteiger partial charge < -0.3 is 4.74 Å². The minimum absolute atomic E-state index is 0.743. The van der Waals surface area contributed by atoms with Crippen molar-refractivity contribution in [1.82, 2.24) is 4.98 Å². The molecule has 1 fully saturated rings. The number of nitrogens with zero attached hydrogens (tertiary/aromatic N) is 1. The van der Waals surface area contributed by atoms with E-state index in [1.807, 2.05) is 12.3 Å². The molecule has 2 nitrogen and oxygen atoms in total. The molecule has 0 aromatic carbocycles. The van der Waals surface area contributed by atoms with Crippen LogP contribution in [0.4, 0.5) is 0 Å². The summed E-state index contributed by atoms with van der Waals surface area (Å²) in [7, 11) is -1.06. The molecule has 1 aromatic rings. The Labute approximate surface area is 125 Å². The van der Waals surface area contributed by atoms with Crippen molar-refractivity contribution in [3.05, 3.63) is 24.4 Å². The second kappa shape index (κ2) is 8.58. The monoisotopic (exact) mass is 291 g/mol. The lowest BCUT2D eigenvalue weighted by atomic mass is 9.90. The molecule has 0 aliphatic heterocycles. The van der Waals surface area contributed by atoms with Gasteiger partial charge in [0.2, 0.25) is 0 Å². The van der Waals surface area contributed by atoms with E-state index in [1.54, 1.807) is 0 Å². The number of aromatic nitrogens is 1. The van der Waals surface area contributed by atoms with Crippen LogP contribution in [0, 0.1) is 11.8 Å². The molecule has 0 radical (unpaired) electrons. The normalized spacial score (nSPS) is 18.4. The molecule has 2 rings (SSSR count). The van der Waals surface area contributed by atoms with Crippen molar-refractivity contribution in [1.29, 1.82) is 0 Å². The summed E-state index contributed by atoms with van der Waals surface area (Å²) in [5.74, 6) is 1.56. The zero-order valence-corrected chi connectivity index (χ0v) is 14.2. The summed E-state index contributed by atoms with van der Waals surface area (Å²) >= 11 is 0. The van der Waals surface area contributed by atoms with E-state index in [0.717, 1.165) is 24.7 Å². The van der Waals surface area contributed by atoms with Crippen molar-refractivity contribution >= 4 is 14.1 Å². The van der Waals surface area contributed by atoms with Crippen LogP contribution in [0.2, 0.25) is 6.04 Å². The van der Waals surface area contributed by atoms with Crippen molar-refractivity contribution in [3.63, 3.8) is 0 Å². The molecule has 0 spiro atoms. The standard InChI is InChI=1S/C17H29NOSi/c1-15(2)13-20(17-10-6-7-11-18-17)14-19-12-16-8-4-3-5-9-16/h6-7,10-11,15-16,20H,3-5,8-9,12-14H2,1-2H3. The zero-order chi connectivity index (χ0) is 14.2. The smallest absolute Gasteiger partial charge is 0.124 e. The molecule has 0 bridgehead atoms. The predicted molar refractivity (Wildman–Crippen MR) is 88.1 cm³/mol. The average molecular weight is 292 g/mol. The Morgan fingerprint density at radius 1 is 1.25 bits per heavy atom. The Balaban J connectivity index is 1.81. The summed E-state index contributed by atoms with van der Waals surface area (Å²) in [6.07, 6.45) is 9.87. The first kappa shape index (κ1) is 15.7. The van der Waals surface area contributed by atoms with Gasteiger partial charge in [-0.15, -0.1) is 0 Å². The van der Waals surface area contributed by atoms with Crippen molar-refractivity contribution in [2.45, 2.75) is 52.0 Å². The molecule has 1 aliphatic rings. The van der Waals surface area contributed by atoms with Gasteiger partial charge >= 0.3 is 0 Å². The molecule has 0 amide bonds. The average Bonchev–Trinajstić information content (AvgIpc) is 2.48. The van der Waals surface area contributed by atoms with Gasteiger partial charge in [0, 0.05) is 24.4 Å². The highest BCUT2D eigenvalue weighted by Crippen LogP contribution is 2.23. The van der Waals surface area contributed by atoms with Gasteiger partial charge in [0.25, 0.3) is 0 Å². The van der Waals surface area contributed by atoms with Gasteiger partial charge in [-0.2, -0.15) is 0 Å². The number of pyridine rings is 1. The molecule has 1 unspecified atom stereocenters. The third-order valence-electron chi connectivity index (χ3n) is 4.26. The maximum Gasteiger partial charge on any atom is 0.124 e. The van der Waals surface area contributed by atoms with Crippen LogP contribution in [0.15, 0.2) is 24.4 Å². The Hall–Kier alpha value is -0.673. The Morgan fingerprint density at radius 2 is 2.05 bits per heavy atom. The van der Waals surface area contributed by atoms with E-state index in [9.17, 15) is 0 Å². The van der Waals surface area contributed by atoms with Crippen molar-refractivity contribution in [2.75, 3.05) is 12.8 Å². The molecule has 1 atom stereocenters. The largest absolute Gasteiger partial charge is 0.384 e. The summed E-state index contributed by atoms with van der Waals surface area (Å²) in [5, 5.41) is 1.32. The van der Waals surface area contributed by atoms with Crippen LogP contribution in [0.1, 0.15) is 46.0 Å². The minimum Gasteiger partial charge on any atom is -0.384 e. The first-order valence-electron chi connectivity index (χ1n) is 8.24. The molecule has 1 heterocycles. The van der Waals surface area contributed by atoms with Crippen LogP contribution < -0.4 is 5.32 Å². The highest BCUT2D eigenvalue weighted by atomic mass is 28.3. The van der Waals surface area contributed by atoms with Gasteiger partial charge in [-0.25, -0.2) is 0 Å². The molecular weight excluding hydrogens is 262 g/mol. The molecule has 20 heavy (non-hydrogen) atoms. The van der Waals surface area contributed by atoms with Crippen LogP contribution in [-0.4, -0.2) is 26.6 Å². The van der Waals surface area contributed by atoms with Gasteiger partial charge in [-0.05, 0) is 36.8 Å². The Bertz CT molecular complexity index is 363. The minimum atomic E-state index is -1.06. The molecular formula is C17H29NOSi. The number of hydrogen-bond acceptors (Lipinski definition) is 2. The first-order chi connectivity index (χ1) is 9.75. The summed E-state index contributed by atoms with van der Waals surface area (Å²) in [4.78, 5) is 4.58. The van der Waals surface area contributed by atoms with Gasteiger partial charge in [0.15, 0.2) is 0 Å². The quantitative estimate of drug-likeness (QED) is 0.719. The van der Waals surface area contributed by atoms with Crippen molar-refractivity contribution in [2.24, 2.45) is 11.8 Å². The van der Waals surface area contributed by atoms with Crippen LogP contribution in [0.5, 0.6) is 0 Å². The van der Waals surface area contributed by atoms with E-state index in [1.165, 1.54) is 43.5 Å². The van der Waals surface area contributed by atoms with Gasteiger partial charge in [0.1, 0.15) is 8.80 Å². The second-order valence-electron chi connectivity index (χ2n) is 6.62. The lowest BCUT2D eigenvalue weighted by Crippen LogP contribution is -2.39. The summed E-state index contributed by atoms with van der Waals surface area (Å²) < 4.78 is 6.11. The SMILES string of the molecule is CC(C)C[SiH](COCC1CCCCC1)c1ccccn1. The van der Waals surface area contributed by atoms with E-state index in [2.05, 4.69) is 31.0 Å². The first-order valence-corrected chi connectivity index (χ1v) is 10.5. The fourth-order valence-electron chi connectivity index (χ4n) is 3.19. The van der Waals surface area contributed by atoms with E-state index in [-0.39, 0.29) is 0 Å². The fraction of sp³-hybridized carbons (Fsp3) is 0.706. The zero-order valence-electron chi connectivity index (χ0n) is 13.1. The number of hydrogen-bond donors (Lipinski definition) is 0. The molecule has 0 N–H and O–H groups in total. The Morgan fingerprint density at radius 3 is 2.70 bits per heavy atom. The molecule has 112 valence electrons. The number of rotatable bonds is 7. The van der Waals surface area contributed by atoms with Crippen LogP contribution in [0.3, 0.4) is 0 Å². The third kappa shape index (κ3) is 5.37. The Kier molecular flexibility index (Phi) is 6.74. The lowest BCUT2D eigenvalue weighted by molar-refractivity contribution is 0.115. The maximum absolute atomic E-state index is 6.11.